The monoisotopic (exact) mass is 313 g/mol. The number of rotatable bonds is 7. The van der Waals surface area contributed by atoms with Crippen LogP contribution < -0.4 is 5.32 Å². The first-order chi connectivity index (χ1) is 9.76. The van der Waals surface area contributed by atoms with Gasteiger partial charge in [0.1, 0.15) is 0 Å². The van der Waals surface area contributed by atoms with Crippen LogP contribution in [0.5, 0.6) is 0 Å². The Hall–Kier alpha value is -1.89. The minimum Gasteiger partial charge on any atom is -0.481 e. The van der Waals surface area contributed by atoms with Crippen LogP contribution in [0, 0.1) is 5.92 Å². The lowest BCUT2D eigenvalue weighted by molar-refractivity contribution is -0.141. The number of carbonyl (C=O) groups excluding carboxylic acids is 1. The van der Waals surface area contributed by atoms with Crippen LogP contribution in [0.4, 0.5) is 0 Å². The van der Waals surface area contributed by atoms with Crippen LogP contribution in [-0.2, 0) is 25.8 Å². The Morgan fingerprint density at radius 3 is 2.57 bits per heavy atom. The van der Waals surface area contributed by atoms with E-state index in [9.17, 15) is 18.0 Å². The third-order valence-electron chi connectivity index (χ3n) is 3.03. The second kappa shape index (κ2) is 7.21. The molecule has 0 spiro atoms. The highest BCUT2D eigenvalue weighted by Gasteiger charge is 2.14. The van der Waals surface area contributed by atoms with E-state index in [0.29, 0.717) is 5.56 Å². The largest absolute Gasteiger partial charge is 0.481 e. The molecule has 0 fully saturated rings. The van der Waals surface area contributed by atoms with Gasteiger partial charge in [-0.25, -0.2) is 8.42 Å². The average molecular weight is 313 g/mol. The van der Waals surface area contributed by atoms with E-state index >= 15 is 0 Å². The summed E-state index contributed by atoms with van der Waals surface area (Å²) >= 11 is 0. The quantitative estimate of drug-likeness (QED) is 0.777. The van der Waals surface area contributed by atoms with Gasteiger partial charge in [-0.1, -0.05) is 26.0 Å². The van der Waals surface area contributed by atoms with Gasteiger partial charge in [0.05, 0.1) is 23.0 Å². The van der Waals surface area contributed by atoms with Crippen LogP contribution >= 0.6 is 0 Å². The van der Waals surface area contributed by atoms with Crippen molar-refractivity contribution in [3.05, 3.63) is 29.8 Å². The molecule has 0 saturated heterocycles. The zero-order valence-electron chi connectivity index (χ0n) is 12.0. The van der Waals surface area contributed by atoms with Crippen molar-refractivity contribution < 1.29 is 23.1 Å². The first kappa shape index (κ1) is 17.2. The van der Waals surface area contributed by atoms with Crippen molar-refractivity contribution in [3.8, 4) is 0 Å². The van der Waals surface area contributed by atoms with Gasteiger partial charge in [0.2, 0.25) is 5.91 Å². The molecule has 2 N–H and O–H groups in total. The van der Waals surface area contributed by atoms with Gasteiger partial charge in [0.25, 0.3) is 0 Å². The van der Waals surface area contributed by atoms with Gasteiger partial charge in [0, 0.05) is 6.54 Å². The molecule has 0 radical (unpaired) electrons. The molecule has 1 atom stereocenters. The molecule has 0 aliphatic carbocycles. The Morgan fingerprint density at radius 1 is 1.33 bits per heavy atom. The second-order valence-electron chi connectivity index (χ2n) is 4.77. The minimum atomic E-state index is -3.30. The summed E-state index contributed by atoms with van der Waals surface area (Å²) in [4.78, 5) is 22.5. The predicted octanol–water partition coefficient (Wildman–Crippen LogP) is 0.860. The summed E-state index contributed by atoms with van der Waals surface area (Å²) in [7, 11) is -3.30. The highest BCUT2D eigenvalue weighted by Crippen LogP contribution is 2.13. The summed E-state index contributed by atoms with van der Waals surface area (Å²) in [6.45, 7) is 3.10. The number of amides is 1. The molecule has 7 heteroatoms. The molecule has 0 bridgehead atoms. The molecule has 0 aliphatic rings. The summed E-state index contributed by atoms with van der Waals surface area (Å²) < 4.78 is 23.5. The molecule has 1 rings (SSSR count). The average Bonchev–Trinajstić information content (AvgIpc) is 2.44. The number of carboxylic acid groups (broad SMARTS) is 1. The topological polar surface area (TPSA) is 101 Å². The Kier molecular flexibility index (Phi) is 5.90. The van der Waals surface area contributed by atoms with E-state index in [-0.39, 0.29) is 29.5 Å². The van der Waals surface area contributed by atoms with Crippen LogP contribution in [0.2, 0.25) is 0 Å². The number of hydrogen-bond donors (Lipinski definition) is 2. The van der Waals surface area contributed by atoms with Crippen LogP contribution in [0.3, 0.4) is 0 Å². The first-order valence-electron chi connectivity index (χ1n) is 6.57. The molecule has 0 aliphatic heterocycles. The fourth-order valence-electron chi connectivity index (χ4n) is 1.62. The van der Waals surface area contributed by atoms with E-state index in [1.807, 2.05) is 0 Å². The molecule has 0 heterocycles. The summed E-state index contributed by atoms with van der Waals surface area (Å²) in [6.07, 6.45) is 0.0133. The van der Waals surface area contributed by atoms with E-state index in [1.165, 1.54) is 19.1 Å². The van der Waals surface area contributed by atoms with Crippen LogP contribution in [0.1, 0.15) is 19.4 Å². The van der Waals surface area contributed by atoms with Gasteiger partial charge < -0.3 is 10.4 Å². The van der Waals surface area contributed by atoms with Gasteiger partial charge in [-0.3, -0.25) is 9.59 Å². The Morgan fingerprint density at radius 2 is 2.00 bits per heavy atom. The van der Waals surface area contributed by atoms with Crippen molar-refractivity contribution in [2.45, 2.75) is 25.2 Å². The second-order valence-corrected chi connectivity index (χ2v) is 7.05. The summed E-state index contributed by atoms with van der Waals surface area (Å²) in [5.41, 5.74) is 0.574. The zero-order chi connectivity index (χ0) is 16.0. The fourth-order valence-corrected chi connectivity index (χ4v) is 2.57. The van der Waals surface area contributed by atoms with Gasteiger partial charge >= 0.3 is 5.97 Å². The normalized spacial score (nSPS) is 12.7. The minimum absolute atomic E-state index is 0.00121. The number of carboxylic acids is 1. The molecule has 1 aromatic carbocycles. The maximum absolute atomic E-state index is 11.8. The van der Waals surface area contributed by atoms with Gasteiger partial charge in [-0.2, -0.15) is 0 Å². The van der Waals surface area contributed by atoms with E-state index in [1.54, 1.807) is 19.1 Å². The standard InChI is InChI=1S/C14H19NO5S/c1-3-21(19,20)12-6-4-5-11(7-12)8-13(16)15-9-10(2)14(17)18/h4-7,10H,3,8-9H2,1-2H3,(H,15,16)(H,17,18). The molecular formula is C14H19NO5S. The number of benzene rings is 1. The summed E-state index contributed by atoms with van der Waals surface area (Å²) in [5, 5.41) is 11.2. The van der Waals surface area contributed by atoms with Crippen molar-refractivity contribution in [3.63, 3.8) is 0 Å². The lowest BCUT2D eigenvalue weighted by Gasteiger charge is -2.09. The number of carbonyl (C=O) groups is 2. The number of sulfone groups is 1. The molecule has 1 aromatic rings. The van der Waals surface area contributed by atoms with E-state index < -0.39 is 21.7 Å². The highest BCUT2D eigenvalue weighted by molar-refractivity contribution is 7.91. The maximum Gasteiger partial charge on any atom is 0.308 e. The van der Waals surface area contributed by atoms with E-state index in [2.05, 4.69) is 5.32 Å². The third-order valence-corrected chi connectivity index (χ3v) is 4.76. The predicted molar refractivity (Wildman–Crippen MR) is 77.7 cm³/mol. The Labute approximate surface area is 124 Å². The van der Waals surface area contributed by atoms with Crippen molar-refractivity contribution in [2.24, 2.45) is 5.92 Å². The Bertz CT molecular complexity index is 624. The fraction of sp³-hybridized carbons (Fsp3) is 0.429. The molecule has 1 amide bonds. The SMILES string of the molecule is CCS(=O)(=O)c1cccc(CC(=O)NCC(C)C(=O)O)c1. The molecule has 6 nitrogen and oxygen atoms in total. The molecular weight excluding hydrogens is 294 g/mol. The summed E-state index contributed by atoms with van der Waals surface area (Å²) in [5.74, 6) is -1.99. The van der Waals surface area contributed by atoms with Crippen LogP contribution in [0.25, 0.3) is 0 Å². The first-order valence-corrected chi connectivity index (χ1v) is 8.22. The van der Waals surface area contributed by atoms with Crippen molar-refractivity contribution >= 4 is 21.7 Å². The molecule has 1 unspecified atom stereocenters. The van der Waals surface area contributed by atoms with Crippen LogP contribution in [-0.4, -0.2) is 37.7 Å². The van der Waals surface area contributed by atoms with E-state index in [0.717, 1.165) is 0 Å². The van der Waals surface area contributed by atoms with Crippen LogP contribution in [0.15, 0.2) is 29.2 Å². The summed E-state index contributed by atoms with van der Waals surface area (Å²) in [6, 6.07) is 6.21. The Balaban J connectivity index is 2.69. The lowest BCUT2D eigenvalue weighted by Crippen LogP contribution is -2.32. The number of aliphatic carboxylic acids is 1. The van der Waals surface area contributed by atoms with Gasteiger partial charge in [-0.15, -0.1) is 0 Å². The smallest absolute Gasteiger partial charge is 0.308 e. The van der Waals surface area contributed by atoms with Gasteiger partial charge in [-0.05, 0) is 17.7 Å². The molecule has 0 aromatic heterocycles. The zero-order valence-corrected chi connectivity index (χ0v) is 12.8. The van der Waals surface area contributed by atoms with Crippen molar-refractivity contribution in [1.82, 2.24) is 5.32 Å². The van der Waals surface area contributed by atoms with Crippen molar-refractivity contribution in [1.29, 1.82) is 0 Å². The molecule has 0 saturated carbocycles. The van der Waals surface area contributed by atoms with Gasteiger partial charge in [0.15, 0.2) is 9.84 Å². The highest BCUT2D eigenvalue weighted by atomic mass is 32.2. The maximum atomic E-state index is 11.8. The number of nitrogens with one attached hydrogen (secondary N) is 1. The number of hydrogen-bond acceptors (Lipinski definition) is 4. The third kappa shape index (κ3) is 5.18. The van der Waals surface area contributed by atoms with Crippen molar-refractivity contribution in [2.75, 3.05) is 12.3 Å². The lowest BCUT2D eigenvalue weighted by atomic mass is 10.1. The van der Waals surface area contributed by atoms with E-state index in [4.69, 9.17) is 5.11 Å². The molecule has 21 heavy (non-hydrogen) atoms. The molecule has 116 valence electrons.